The maximum Gasteiger partial charge on any atom is 0.412 e. The molecule has 2 rings (SSSR count). The summed E-state index contributed by atoms with van der Waals surface area (Å²) in [5.41, 5.74) is -0.137. The van der Waals surface area contributed by atoms with Crippen molar-refractivity contribution in [1.82, 2.24) is 0 Å². The van der Waals surface area contributed by atoms with Gasteiger partial charge in [-0.25, -0.2) is 18.4 Å². The fraction of sp³-hybridized carbons (Fsp3) is 0.333. The second-order valence-electron chi connectivity index (χ2n) is 7.61. The van der Waals surface area contributed by atoms with E-state index in [1.807, 2.05) is 6.07 Å². The Morgan fingerprint density at radius 3 is 2.26 bits per heavy atom. The molecule has 168 valence electrons. The van der Waals surface area contributed by atoms with E-state index in [-0.39, 0.29) is 28.5 Å². The number of esters is 1. The first kappa shape index (κ1) is 24.2. The number of primary sulfonamides is 1. The maximum atomic E-state index is 12.4. The molecule has 0 aromatic heterocycles. The first-order valence-electron chi connectivity index (χ1n) is 9.33. The van der Waals surface area contributed by atoms with Gasteiger partial charge in [-0.15, -0.1) is 0 Å². The third kappa shape index (κ3) is 7.26. The number of hydrogen-bond acceptors (Lipinski definition) is 7. The molecule has 0 saturated carbocycles. The summed E-state index contributed by atoms with van der Waals surface area (Å²) in [7, 11) is -2.88. The van der Waals surface area contributed by atoms with Crippen LogP contribution in [0.15, 0.2) is 47.4 Å². The second kappa shape index (κ2) is 9.80. The molecule has 0 heterocycles. The highest BCUT2D eigenvalue weighted by atomic mass is 32.2. The molecule has 2 aromatic carbocycles. The van der Waals surface area contributed by atoms with Gasteiger partial charge in [-0.1, -0.05) is 30.3 Å². The monoisotopic (exact) mass is 450 g/mol. The molecule has 0 atom stereocenters. The molecule has 0 aliphatic carbocycles. The summed E-state index contributed by atoms with van der Waals surface area (Å²) in [5.74, 6) is -0.575. The topological polar surface area (TPSA) is 134 Å². The first-order valence-corrected chi connectivity index (χ1v) is 10.9. The largest absolute Gasteiger partial charge is 0.495 e. The molecule has 0 fully saturated rings. The number of rotatable bonds is 7. The van der Waals surface area contributed by atoms with Crippen molar-refractivity contribution < 1.29 is 32.2 Å². The zero-order valence-corrected chi connectivity index (χ0v) is 18.6. The van der Waals surface area contributed by atoms with Crippen molar-refractivity contribution in [1.29, 1.82) is 0 Å². The molecule has 31 heavy (non-hydrogen) atoms. The van der Waals surface area contributed by atoms with E-state index < -0.39 is 34.1 Å². The van der Waals surface area contributed by atoms with Gasteiger partial charge < -0.3 is 14.2 Å². The summed E-state index contributed by atoms with van der Waals surface area (Å²) in [6.07, 6.45) is -1.33. The lowest BCUT2D eigenvalue weighted by molar-refractivity contribution is -0.153. The van der Waals surface area contributed by atoms with Crippen LogP contribution in [0.25, 0.3) is 0 Å². The van der Waals surface area contributed by atoms with Gasteiger partial charge in [-0.05, 0) is 38.5 Å². The summed E-state index contributed by atoms with van der Waals surface area (Å²) in [5, 5.41) is 7.79. The lowest BCUT2D eigenvalue weighted by Gasteiger charge is -2.21. The average Bonchev–Trinajstić information content (AvgIpc) is 2.66. The summed E-state index contributed by atoms with van der Waals surface area (Å²) >= 11 is 0. The van der Waals surface area contributed by atoms with Gasteiger partial charge in [0, 0.05) is 5.56 Å². The van der Waals surface area contributed by atoms with Crippen LogP contribution in [0, 0.1) is 0 Å². The number of ether oxygens (including phenoxy) is 3. The Bertz CT molecular complexity index is 1050. The Labute approximate surface area is 181 Å². The lowest BCUT2D eigenvalue weighted by Crippen LogP contribution is -2.26. The molecule has 0 unspecified atom stereocenters. The van der Waals surface area contributed by atoms with Crippen molar-refractivity contribution >= 4 is 27.8 Å². The highest BCUT2D eigenvalue weighted by molar-refractivity contribution is 7.89. The number of hydrogen-bond donors (Lipinski definition) is 2. The number of amides is 1. The molecule has 10 heteroatoms. The fourth-order valence-corrected chi connectivity index (χ4v) is 3.52. The van der Waals surface area contributed by atoms with E-state index in [2.05, 4.69) is 5.32 Å². The molecular formula is C21H26N2O7S. The molecule has 0 bridgehead atoms. The third-order valence-corrected chi connectivity index (χ3v) is 4.93. The van der Waals surface area contributed by atoms with Crippen molar-refractivity contribution in [3.8, 4) is 5.75 Å². The SMILES string of the molecule is COc1ccc(S(N)(=O)=O)c(CC(=O)OC(C)(C)C)c1NC(=O)OCc1ccccc1. The van der Waals surface area contributed by atoms with Crippen molar-refractivity contribution in [3.05, 3.63) is 53.6 Å². The van der Waals surface area contributed by atoms with E-state index in [9.17, 15) is 18.0 Å². The van der Waals surface area contributed by atoms with E-state index >= 15 is 0 Å². The Balaban J connectivity index is 2.38. The predicted molar refractivity (Wildman–Crippen MR) is 114 cm³/mol. The summed E-state index contributed by atoms with van der Waals surface area (Å²) in [6.45, 7) is 5.02. The van der Waals surface area contributed by atoms with E-state index in [0.717, 1.165) is 5.56 Å². The second-order valence-corrected chi connectivity index (χ2v) is 9.14. The van der Waals surface area contributed by atoms with E-state index in [4.69, 9.17) is 19.3 Å². The van der Waals surface area contributed by atoms with Crippen LogP contribution in [0.4, 0.5) is 10.5 Å². The smallest absolute Gasteiger partial charge is 0.412 e. The Hall–Kier alpha value is -3.11. The van der Waals surface area contributed by atoms with Gasteiger partial charge in [-0.3, -0.25) is 10.1 Å². The Morgan fingerprint density at radius 1 is 1.06 bits per heavy atom. The van der Waals surface area contributed by atoms with Crippen LogP contribution in [0.1, 0.15) is 31.9 Å². The highest BCUT2D eigenvalue weighted by Crippen LogP contribution is 2.34. The van der Waals surface area contributed by atoms with Crippen LogP contribution in [0.3, 0.4) is 0 Å². The molecule has 9 nitrogen and oxygen atoms in total. The van der Waals surface area contributed by atoms with Crippen LogP contribution in [0.5, 0.6) is 5.75 Å². The number of nitrogens with two attached hydrogens (primary N) is 1. The molecule has 0 radical (unpaired) electrons. The van der Waals surface area contributed by atoms with Gasteiger partial charge in [-0.2, -0.15) is 0 Å². The van der Waals surface area contributed by atoms with Crippen molar-refractivity contribution in [2.24, 2.45) is 5.14 Å². The normalized spacial score (nSPS) is 11.5. The molecule has 3 N–H and O–H groups in total. The lowest BCUT2D eigenvalue weighted by atomic mass is 10.1. The van der Waals surface area contributed by atoms with Crippen LogP contribution in [0.2, 0.25) is 0 Å². The molecule has 0 aliphatic heterocycles. The van der Waals surface area contributed by atoms with E-state index in [0.29, 0.717) is 0 Å². The van der Waals surface area contributed by atoms with Gasteiger partial charge in [0.2, 0.25) is 10.0 Å². The van der Waals surface area contributed by atoms with Gasteiger partial charge in [0.1, 0.15) is 18.0 Å². The van der Waals surface area contributed by atoms with Gasteiger partial charge in [0.15, 0.2) is 0 Å². The van der Waals surface area contributed by atoms with Crippen LogP contribution < -0.4 is 15.2 Å². The summed E-state index contributed by atoms with van der Waals surface area (Å²) in [6, 6.07) is 11.5. The fourth-order valence-electron chi connectivity index (χ4n) is 2.74. The predicted octanol–water partition coefficient (Wildman–Crippen LogP) is 2.98. The number of carbonyl (C=O) groups is 2. The number of methoxy groups -OCH3 is 1. The molecule has 0 aliphatic rings. The van der Waals surface area contributed by atoms with Crippen LogP contribution in [-0.2, 0) is 37.3 Å². The summed E-state index contributed by atoms with van der Waals surface area (Å²) < 4.78 is 39.9. The number of anilines is 1. The molecule has 1 amide bonds. The quantitative estimate of drug-likeness (QED) is 0.619. The zero-order chi connectivity index (χ0) is 23.2. The van der Waals surface area contributed by atoms with Crippen LogP contribution >= 0.6 is 0 Å². The Kier molecular flexibility index (Phi) is 7.64. The van der Waals surface area contributed by atoms with Gasteiger partial charge in [0.05, 0.1) is 24.1 Å². The van der Waals surface area contributed by atoms with E-state index in [1.165, 1.54) is 19.2 Å². The van der Waals surface area contributed by atoms with Crippen LogP contribution in [-0.4, -0.2) is 33.2 Å². The highest BCUT2D eigenvalue weighted by Gasteiger charge is 2.26. The minimum atomic E-state index is -4.22. The number of nitrogens with one attached hydrogen (secondary N) is 1. The minimum absolute atomic E-state index is 0.00866. The average molecular weight is 451 g/mol. The minimum Gasteiger partial charge on any atom is -0.495 e. The number of sulfonamides is 1. The molecular weight excluding hydrogens is 424 g/mol. The van der Waals surface area contributed by atoms with Gasteiger partial charge in [0.25, 0.3) is 0 Å². The number of benzene rings is 2. The standard InChI is InChI=1S/C21H26N2O7S/c1-21(2,3)30-18(24)12-15-17(31(22,26)27)11-10-16(28-4)19(15)23-20(25)29-13-14-8-6-5-7-9-14/h5-11H,12-13H2,1-4H3,(H,23,25)(H2,22,26,27). The summed E-state index contributed by atoms with van der Waals surface area (Å²) in [4.78, 5) is 24.5. The maximum absolute atomic E-state index is 12.4. The zero-order valence-electron chi connectivity index (χ0n) is 17.8. The Morgan fingerprint density at radius 2 is 1.71 bits per heavy atom. The molecule has 0 saturated heterocycles. The molecule has 2 aromatic rings. The first-order chi connectivity index (χ1) is 14.4. The van der Waals surface area contributed by atoms with Gasteiger partial charge >= 0.3 is 12.1 Å². The molecule has 0 spiro atoms. The van der Waals surface area contributed by atoms with E-state index in [1.54, 1.807) is 45.0 Å². The van der Waals surface area contributed by atoms with Crippen molar-refractivity contribution in [2.45, 2.75) is 44.3 Å². The number of carbonyl (C=O) groups excluding carboxylic acids is 2. The third-order valence-electron chi connectivity index (χ3n) is 3.94. The van der Waals surface area contributed by atoms with Crippen molar-refractivity contribution in [3.63, 3.8) is 0 Å². The van der Waals surface area contributed by atoms with Crippen molar-refractivity contribution in [2.75, 3.05) is 12.4 Å².